The summed E-state index contributed by atoms with van der Waals surface area (Å²) in [6.07, 6.45) is 6.95. The van der Waals surface area contributed by atoms with Gasteiger partial charge in [-0.3, -0.25) is 13.9 Å². The van der Waals surface area contributed by atoms with Crippen molar-refractivity contribution in [3.05, 3.63) is 88.9 Å². The zero-order chi connectivity index (χ0) is 29.2. The third-order valence-corrected chi connectivity index (χ3v) is 8.64. The van der Waals surface area contributed by atoms with E-state index >= 15 is 0 Å². The molecule has 0 aliphatic heterocycles. The lowest BCUT2D eigenvalue weighted by Crippen LogP contribution is -2.39. The van der Waals surface area contributed by atoms with Crippen LogP contribution in [0.5, 0.6) is 5.75 Å². The van der Waals surface area contributed by atoms with E-state index in [0.717, 1.165) is 35.6 Å². The minimum absolute atomic E-state index is 0.0492. The summed E-state index contributed by atoms with van der Waals surface area (Å²) in [7, 11) is -4.07. The lowest BCUT2D eigenvalue weighted by atomic mass is 9.95. The van der Waals surface area contributed by atoms with Crippen LogP contribution >= 0.6 is 11.6 Å². The maximum Gasteiger partial charge on any atom is 0.264 e. The molecule has 0 heterocycles. The lowest BCUT2D eigenvalue weighted by Gasteiger charge is -2.24. The third-order valence-electron chi connectivity index (χ3n) is 6.62. The summed E-state index contributed by atoms with van der Waals surface area (Å²) < 4.78 is 33.5. The number of rotatable bonds is 11. The van der Waals surface area contributed by atoms with Crippen molar-refractivity contribution >= 4 is 45.3 Å². The molecule has 0 atom stereocenters. The van der Waals surface area contributed by atoms with Crippen molar-refractivity contribution in [1.82, 2.24) is 10.7 Å². The first kappa shape index (κ1) is 30.1. The van der Waals surface area contributed by atoms with E-state index in [1.54, 1.807) is 54.6 Å². The Bertz CT molecular complexity index is 1470. The minimum atomic E-state index is -4.07. The molecule has 9 nitrogen and oxygen atoms in total. The number of sulfonamides is 1. The van der Waals surface area contributed by atoms with Gasteiger partial charge in [-0.2, -0.15) is 5.10 Å². The Morgan fingerprint density at radius 2 is 1.71 bits per heavy atom. The molecule has 1 fully saturated rings. The van der Waals surface area contributed by atoms with Gasteiger partial charge in [0.25, 0.3) is 21.8 Å². The predicted octanol–water partition coefficient (Wildman–Crippen LogP) is 4.82. The molecule has 2 N–H and O–H groups in total. The number of carbonyl (C=O) groups excluding carboxylic acids is 2. The molecular formula is C30H33ClN4O5S. The highest BCUT2D eigenvalue weighted by Gasteiger charge is 2.27. The fourth-order valence-electron chi connectivity index (χ4n) is 4.44. The molecule has 0 bridgehead atoms. The summed E-state index contributed by atoms with van der Waals surface area (Å²) in [6.45, 7) is 1.28. The van der Waals surface area contributed by atoms with Gasteiger partial charge in [-0.05, 0) is 79.9 Å². The van der Waals surface area contributed by atoms with Crippen molar-refractivity contribution in [2.45, 2.75) is 50.0 Å². The molecule has 0 aromatic heterocycles. The van der Waals surface area contributed by atoms with E-state index in [2.05, 4.69) is 15.8 Å². The van der Waals surface area contributed by atoms with Crippen LogP contribution < -0.4 is 19.8 Å². The van der Waals surface area contributed by atoms with Gasteiger partial charge in [0.15, 0.2) is 6.61 Å². The van der Waals surface area contributed by atoms with Crippen LogP contribution in [0.15, 0.2) is 82.8 Å². The number of benzene rings is 3. The summed E-state index contributed by atoms with van der Waals surface area (Å²) in [5, 5.41) is 7.31. The molecule has 4 rings (SSSR count). The molecule has 1 aliphatic carbocycles. The van der Waals surface area contributed by atoms with E-state index in [1.807, 2.05) is 6.92 Å². The summed E-state index contributed by atoms with van der Waals surface area (Å²) in [5.74, 6) is -0.245. The summed E-state index contributed by atoms with van der Waals surface area (Å²) in [5.41, 5.74) is 4.21. The first-order valence-electron chi connectivity index (χ1n) is 13.4. The average Bonchev–Trinajstić information content (AvgIpc) is 2.96. The first-order chi connectivity index (χ1) is 19.7. The van der Waals surface area contributed by atoms with Crippen molar-refractivity contribution in [2.24, 2.45) is 5.10 Å². The molecule has 0 unspecified atom stereocenters. The van der Waals surface area contributed by atoms with Gasteiger partial charge in [0.2, 0.25) is 0 Å². The summed E-state index contributed by atoms with van der Waals surface area (Å²) in [6, 6.07) is 19.7. The van der Waals surface area contributed by atoms with Gasteiger partial charge in [0.1, 0.15) is 12.3 Å². The van der Waals surface area contributed by atoms with Gasteiger partial charge >= 0.3 is 0 Å². The molecule has 216 valence electrons. The van der Waals surface area contributed by atoms with Gasteiger partial charge in [0, 0.05) is 11.1 Å². The van der Waals surface area contributed by atoms with Gasteiger partial charge in [-0.1, -0.05) is 54.6 Å². The Labute approximate surface area is 245 Å². The van der Waals surface area contributed by atoms with Gasteiger partial charge in [0.05, 0.1) is 16.8 Å². The van der Waals surface area contributed by atoms with E-state index < -0.39 is 22.5 Å². The maximum atomic E-state index is 13.4. The monoisotopic (exact) mass is 596 g/mol. The number of nitrogens with one attached hydrogen (secondary N) is 2. The quantitative estimate of drug-likeness (QED) is 0.243. The molecule has 3 aromatic carbocycles. The van der Waals surface area contributed by atoms with Crippen LogP contribution in [-0.4, -0.2) is 45.6 Å². The third kappa shape index (κ3) is 8.80. The van der Waals surface area contributed by atoms with Crippen molar-refractivity contribution in [1.29, 1.82) is 0 Å². The van der Waals surface area contributed by atoms with Gasteiger partial charge in [-0.25, -0.2) is 13.8 Å². The standard InChI is InChI=1S/C30H33ClN4O5S/c1-22-10-16-28(17-11-22)41(38,39)35(26-9-5-6-24(31)18-26)20-29(36)34-32-19-23-12-14-27(15-13-23)40-21-30(37)33-25-7-3-2-4-8-25/h5-6,9-19,25H,2-4,7-8,20-21H2,1H3,(H,33,37)(H,34,36)/b32-19-. The number of ether oxygens (including phenoxy) is 1. The molecule has 0 radical (unpaired) electrons. The Morgan fingerprint density at radius 1 is 1.00 bits per heavy atom. The molecule has 11 heteroatoms. The number of hydrogen-bond acceptors (Lipinski definition) is 6. The van der Waals surface area contributed by atoms with E-state index in [-0.39, 0.29) is 29.1 Å². The maximum absolute atomic E-state index is 13.4. The van der Waals surface area contributed by atoms with Crippen molar-refractivity contribution < 1.29 is 22.7 Å². The zero-order valence-corrected chi connectivity index (χ0v) is 24.3. The Balaban J connectivity index is 1.34. The Morgan fingerprint density at radius 3 is 2.39 bits per heavy atom. The number of anilines is 1. The van der Waals surface area contributed by atoms with E-state index in [0.29, 0.717) is 16.3 Å². The Hall–Kier alpha value is -3.89. The molecule has 1 saturated carbocycles. The van der Waals surface area contributed by atoms with Crippen LogP contribution in [0.25, 0.3) is 0 Å². The van der Waals surface area contributed by atoms with Crippen LogP contribution in [0, 0.1) is 6.92 Å². The number of amides is 2. The fraction of sp³-hybridized carbons (Fsp3) is 0.300. The lowest BCUT2D eigenvalue weighted by molar-refractivity contribution is -0.124. The molecule has 0 saturated heterocycles. The highest BCUT2D eigenvalue weighted by Crippen LogP contribution is 2.26. The Kier molecular flexibility index (Phi) is 10.4. The second-order valence-electron chi connectivity index (χ2n) is 9.86. The summed E-state index contributed by atoms with van der Waals surface area (Å²) >= 11 is 6.11. The minimum Gasteiger partial charge on any atom is -0.484 e. The smallest absolute Gasteiger partial charge is 0.264 e. The number of halogens is 1. The zero-order valence-electron chi connectivity index (χ0n) is 22.8. The van der Waals surface area contributed by atoms with Gasteiger partial charge in [-0.15, -0.1) is 0 Å². The highest BCUT2D eigenvalue weighted by molar-refractivity contribution is 7.92. The van der Waals surface area contributed by atoms with Crippen LogP contribution in [0.3, 0.4) is 0 Å². The van der Waals surface area contributed by atoms with E-state index in [1.165, 1.54) is 30.8 Å². The molecule has 3 aromatic rings. The van der Waals surface area contributed by atoms with Crippen molar-refractivity contribution in [3.63, 3.8) is 0 Å². The van der Waals surface area contributed by atoms with Crippen LogP contribution in [0.1, 0.15) is 43.2 Å². The topological polar surface area (TPSA) is 117 Å². The number of carbonyl (C=O) groups is 2. The van der Waals surface area contributed by atoms with Crippen LogP contribution in [-0.2, 0) is 19.6 Å². The largest absolute Gasteiger partial charge is 0.484 e. The SMILES string of the molecule is Cc1ccc(S(=O)(=O)N(CC(=O)N/N=C\c2ccc(OCC(=O)NC3CCCCC3)cc2)c2cccc(Cl)c2)cc1. The molecular weight excluding hydrogens is 564 g/mol. The molecule has 41 heavy (non-hydrogen) atoms. The first-order valence-corrected chi connectivity index (χ1v) is 15.2. The highest BCUT2D eigenvalue weighted by atomic mass is 35.5. The number of hydrazone groups is 1. The average molecular weight is 597 g/mol. The second kappa shape index (κ2) is 14.1. The van der Waals surface area contributed by atoms with Crippen molar-refractivity contribution in [3.8, 4) is 5.75 Å². The number of hydrogen-bond donors (Lipinski definition) is 2. The van der Waals surface area contributed by atoms with Crippen LogP contribution in [0.4, 0.5) is 5.69 Å². The van der Waals surface area contributed by atoms with Crippen molar-refractivity contribution in [2.75, 3.05) is 17.5 Å². The van der Waals surface area contributed by atoms with E-state index in [9.17, 15) is 18.0 Å². The fourth-order valence-corrected chi connectivity index (χ4v) is 6.04. The normalized spacial score (nSPS) is 14.0. The number of nitrogens with zero attached hydrogens (tertiary/aromatic N) is 2. The van der Waals surface area contributed by atoms with Gasteiger partial charge < -0.3 is 10.1 Å². The second-order valence-corrected chi connectivity index (χ2v) is 12.2. The molecule has 2 amide bonds. The number of aryl methyl sites for hydroxylation is 1. The van der Waals surface area contributed by atoms with Crippen LogP contribution in [0.2, 0.25) is 5.02 Å². The summed E-state index contributed by atoms with van der Waals surface area (Å²) in [4.78, 5) is 25.0. The molecule has 1 aliphatic rings. The van der Waals surface area contributed by atoms with E-state index in [4.69, 9.17) is 16.3 Å². The molecule has 0 spiro atoms. The predicted molar refractivity (Wildman–Crippen MR) is 160 cm³/mol.